The lowest BCUT2D eigenvalue weighted by Crippen LogP contribution is -1.98. The first-order chi connectivity index (χ1) is 18.3. The molecule has 0 aliphatic carbocycles. The van der Waals surface area contributed by atoms with Gasteiger partial charge in [-0.3, -0.25) is 5.11 Å². The van der Waals surface area contributed by atoms with Crippen LogP contribution in [0, 0.1) is 0 Å². The van der Waals surface area contributed by atoms with Crippen molar-refractivity contribution in [2.24, 2.45) is 0 Å². The molecule has 0 saturated carbocycles. The molecule has 6 aromatic rings. The van der Waals surface area contributed by atoms with Gasteiger partial charge in [-0.25, -0.2) is 0 Å². The standard InChI is InChI=1S/C36H25O/c37-36-34(29-22-12-4-13-23-29)32(27-18-8-2-9-19-27)31(26-16-6-1-7-17-26)33(28-20-10-3-11-21-28)35(36)30-24-14-5-15-25-30/h1-25H. The van der Waals surface area contributed by atoms with Gasteiger partial charge in [-0.1, -0.05) is 152 Å². The SMILES string of the molecule is [O]c1c(-c2ccccc2)c(-c2ccccc2)c(-c2ccccc2)c(-c2ccccc2)c1-c1ccccc1. The fourth-order valence-electron chi connectivity index (χ4n) is 5.17. The lowest BCUT2D eigenvalue weighted by molar-refractivity contribution is 0.359. The number of hydrogen-bond acceptors (Lipinski definition) is 0. The van der Waals surface area contributed by atoms with Crippen molar-refractivity contribution in [1.82, 2.24) is 0 Å². The summed E-state index contributed by atoms with van der Waals surface area (Å²) in [5.41, 5.74) is 9.39. The average Bonchev–Trinajstić information content (AvgIpc) is 2.98. The Balaban J connectivity index is 1.89. The fraction of sp³-hybridized carbons (Fsp3) is 0. The Morgan fingerprint density at radius 3 is 0.676 bits per heavy atom. The molecule has 1 radical (unpaired) electrons. The van der Waals surface area contributed by atoms with Gasteiger partial charge in [0.1, 0.15) is 0 Å². The molecule has 37 heavy (non-hydrogen) atoms. The van der Waals surface area contributed by atoms with Crippen LogP contribution in [-0.2, 0) is 5.11 Å². The monoisotopic (exact) mass is 473 g/mol. The van der Waals surface area contributed by atoms with Crippen LogP contribution in [-0.4, -0.2) is 0 Å². The molecule has 0 aliphatic heterocycles. The molecular formula is C36H25O. The first-order valence-corrected chi connectivity index (χ1v) is 12.5. The second-order valence-electron chi connectivity index (χ2n) is 9.03. The highest BCUT2D eigenvalue weighted by Crippen LogP contribution is 2.55. The topological polar surface area (TPSA) is 19.9 Å². The molecule has 1 heteroatoms. The molecule has 0 spiro atoms. The molecule has 0 aromatic heterocycles. The van der Waals surface area contributed by atoms with Crippen LogP contribution in [0.3, 0.4) is 0 Å². The Labute approximate surface area is 218 Å². The summed E-state index contributed by atoms with van der Waals surface area (Å²) in [5.74, 6) is 0.0368. The van der Waals surface area contributed by atoms with E-state index in [2.05, 4.69) is 48.5 Å². The zero-order valence-corrected chi connectivity index (χ0v) is 20.3. The number of benzene rings is 6. The Bertz CT molecular complexity index is 1520. The Kier molecular flexibility index (Phi) is 6.10. The molecule has 6 aromatic carbocycles. The van der Waals surface area contributed by atoms with Crippen LogP contribution >= 0.6 is 0 Å². The average molecular weight is 474 g/mol. The molecule has 0 unspecified atom stereocenters. The van der Waals surface area contributed by atoms with Crippen LogP contribution in [0.1, 0.15) is 0 Å². The van der Waals surface area contributed by atoms with E-state index in [1.54, 1.807) is 0 Å². The summed E-state index contributed by atoms with van der Waals surface area (Å²) >= 11 is 0. The Morgan fingerprint density at radius 2 is 0.432 bits per heavy atom. The summed E-state index contributed by atoms with van der Waals surface area (Å²) < 4.78 is 0. The van der Waals surface area contributed by atoms with Gasteiger partial charge < -0.3 is 0 Å². The third-order valence-electron chi connectivity index (χ3n) is 6.77. The van der Waals surface area contributed by atoms with Gasteiger partial charge in [0.2, 0.25) is 0 Å². The van der Waals surface area contributed by atoms with Crippen molar-refractivity contribution >= 4 is 0 Å². The van der Waals surface area contributed by atoms with Crippen LogP contribution in [0.15, 0.2) is 152 Å². The van der Waals surface area contributed by atoms with E-state index in [0.717, 1.165) is 55.6 Å². The third-order valence-corrected chi connectivity index (χ3v) is 6.77. The van der Waals surface area contributed by atoms with Gasteiger partial charge in [0.05, 0.1) is 0 Å². The number of rotatable bonds is 5. The van der Waals surface area contributed by atoms with E-state index in [1.807, 2.05) is 103 Å². The maximum Gasteiger partial charge on any atom is 0.195 e. The molecule has 0 N–H and O–H groups in total. The molecule has 0 aliphatic rings. The van der Waals surface area contributed by atoms with Crippen molar-refractivity contribution in [3.05, 3.63) is 152 Å². The zero-order valence-electron chi connectivity index (χ0n) is 20.3. The molecule has 0 heterocycles. The Morgan fingerprint density at radius 1 is 0.243 bits per heavy atom. The lowest BCUT2D eigenvalue weighted by Gasteiger charge is -2.25. The maximum absolute atomic E-state index is 14.7. The first-order valence-electron chi connectivity index (χ1n) is 12.5. The highest BCUT2D eigenvalue weighted by molar-refractivity contribution is 6.10. The van der Waals surface area contributed by atoms with Gasteiger partial charge in [-0.15, -0.1) is 0 Å². The quantitative estimate of drug-likeness (QED) is 0.237. The van der Waals surface area contributed by atoms with E-state index in [1.165, 1.54) is 0 Å². The van der Waals surface area contributed by atoms with Crippen LogP contribution in [0.2, 0.25) is 0 Å². The zero-order chi connectivity index (χ0) is 25.0. The van der Waals surface area contributed by atoms with Gasteiger partial charge in [-0.2, -0.15) is 0 Å². The largest absolute Gasteiger partial charge is 0.289 e. The molecule has 0 bridgehead atoms. The summed E-state index contributed by atoms with van der Waals surface area (Å²) in [6, 6.07) is 51.2. The van der Waals surface area contributed by atoms with E-state index in [-0.39, 0.29) is 5.75 Å². The van der Waals surface area contributed by atoms with Crippen molar-refractivity contribution in [3.63, 3.8) is 0 Å². The number of hydrogen-bond donors (Lipinski definition) is 0. The normalized spacial score (nSPS) is 10.8. The van der Waals surface area contributed by atoms with Crippen molar-refractivity contribution < 1.29 is 5.11 Å². The van der Waals surface area contributed by atoms with E-state index in [0.29, 0.717) is 0 Å². The van der Waals surface area contributed by atoms with Crippen molar-refractivity contribution in [2.75, 3.05) is 0 Å². The summed E-state index contributed by atoms with van der Waals surface area (Å²) in [4.78, 5) is 0. The van der Waals surface area contributed by atoms with E-state index in [4.69, 9.17) is 0 Å². The van der Waals surface area contributed by atoms with Crippen LogP contribution < -0.4 is 0 Å². The summed E-state index contributed by atoms with van der Waals surface area (Å²) in [6.45, 7) is 0. The molecule has 0 amide bonds. The predicted molar refractivity (Wildman–Crippen MR) is 154 cm³/mol. The molecule has 0 saturated heterocycles. The molecule has 175 valence electrons. The minimum atomic E-state index is 0.0368. The van der Waals surface area contributed by atoms with Crippen molar-refractivity contribution in [2.45, 2.75) is 0 Å². The minimum Gasteiger partial charge on any atom is -0.289 e. The molecule has 0 atom stereocenters. The fourth-order valence-corrected chi connectivity index (χ4v) is 5.17. The molecular weight excluding hydrogens is 448 g/mol. The maximum atomic E-state index is 14.7. The molecule has 1 nitrogen and oxygen atoms in total. The van der Waals surface area contributed by atoms with E-state index < -0.39 is 0 Å². The first kappa shape index (κ1) is 22.6. The van der Waals surface area contributed by atoms with Crippen LogP contribution in [0.5, 0.6) is 5.75 Å². The molecule has 0 fully saturated rings. The van der Waals surface area contributed by atoms with Crippen molar-refractivity contribution in [1.29, 1.82) is 0 Å². The minimum absolute atomic E-state index is 0.0368. The second-order valence-corrected chi connectivity index (χ2v) is 9.03. The van der Waals surface area contributed by atoms with Gasteiger partial charge in [0.25, 0.3) is 0 Å². The van der Waals surface area contributed by atoms with Gasteiger partial charge in [0.15, 0.2) is 5.75 Å². The highest BCUT2D eigenvalue weighted by Gasteiger charge is 2.28. The second kappa shape index (κ2) is 10.0. The van der Waals surface area contributed by atoms with Gasteiger partial charge >= 0.3 is 0 Å². The van der Waals surface area contributed by atoms with Gasteiger partial charge in [0, 0.05) is 22.3 Å². The molecule has 6 rings (SSSR count). The van der Waals surface area contributed by atoms with E-state index in [9.17, 15) is 5.11 Å². The van der Waals surface area contributed by atoms with Crippen LogP contribution in [0.4, 0.5) is 0 Å². The summed E-state index contributed by atoms with van der Waals surface area (Å²) in [5, 5.41) is 14.7. The predicted octanol–water partition coefficient (Wildman–Crippen LogP) is 10.2. The summed E-state index contributed by atoms with van der Waals surface area (Å²) in [7, 11) is 0. The third kappa shape index (κ3) is 4.22. The van der Waals surface area contributed by atoms with Crippen LogP contribution in [0.25, 0.3) is 55.6 Å². The smallest absolute Gasteiger partial charge is 0.195 e. The Hall–Kier alpha value is -4.88. The highest BCUT2D eigenvalue weighted by atomic mass is 16.3. The lowest BCUT2D eigenvalue weighted by atomic mass is 9.78. The van der Waals surface area contributed by atoms with Gasteiger partial charge in [-0.05, 0) is 33.4 Å². The van der Waals surface area contributed by atoms with Crippen molar-refractivity contribution in [3.8, 4) is 61.4 Å². The van der Waals surface area contributed by atoms with E-state index >= 15 is 0 Å². The summed E-state index contributed by atoms with van der Waals surface area (Å²) in [6.07, 6.45) is 0.